The zero-order valence-electron chi connectivity index (χ0n) is 17.4. The minimum atomic E-state index is -0.943. The summed E-state index contributed by atoms with van der Waals surface area (Å²) in [6.45, 7) is 8.71. The lowest BCUT2D eigenvalue weighted by molar-refractivity contribution is -0.148. The van der Waals surface area contributed by atoms with Crippen molar-refractivity contribution in [3.63, 3.8) is 0 Å². The number of rotatable bonds is 8. The van der Waals surface area contributed by atoms with Gasteiger partial charge in [0.05, 0.1) is 0 Å². The SMILES string of the molecule is Cc1ccc(OCC(=O)O[C@H](C)C(=O)c2ccc(NC(=O)C(C)C)cc2)c(C)c1. The van der Waals surface area contributed by atoms with Gasteiger partial charge >= 0.3 is 5.97 Å². The van der Waals surface area contributed by atoms with Crippen molar-refractivity contribution in [2.75, 3.05) is 11.9 Å². The second kappa shape index (κ2) is 9.87. The number of carbonyl (C=O) groups excluding carboxylic acids is 3. The number of nitrogens with one attached hydrogen (secondary N) is 1. The molecule has 0 saturated carbocycles. The molecule has 0 spiro atoms. The van der Waals surface area contributed by atoms with E-state index in [-0.39, 0.29) is 24.2 Å². The summed E-state index contributed by atoms with van der Waals surface area (Å²) in [5.41, 5.74) is 3.02. The molecular formula is C23H27NO5. The van der Waals surface area contributed by atoms with Gasteiger partial charge < -0.3 is 14.8 Å². The van der Waals surface area contributed by atoms with E-state index in [0.29, 0.717) is 17.0 Å². The third kappa shape index (κ3) is 6.45. The minimum absolute atomic E-state index is 0.102. The van der Waals surface area contributed by atoms with Crippen molar-refractivity contribution >= 4 is 23.3 Å². The number of Topliss-reactive ketones (excluding diaryl/α,β-unsaturated/α-hetero) is 1. The molecule has 6 heteroatoms. The average Bonchev–Trinajstić information content (AvgIpc) is 2.67. The Morgan fingerprint density at radius 2 is 1.62 bits per heavy atom. The fourth-order valence-corrected chi connectivity index (χ4v) is 2.62. The molecule has 0 unspecified atom stereocenters. The number of anilines is 1. The molecule has 0 aliphatic heterocycles. The van der Waals surface area contributed by atoms with Crippen LogP contribution in [0.2, 0.25) is 0 Å². The average molecular weight is 397 g/mol. The number of ether oxygens (including phenoxy) is 2. The molecule has 0 aliphatic carbocycles. The summed E-state index contributed by atoms with van der Waals surface area (Å²) in [5.74, 6) is -0.583. The summed E-state index contributed by atoms with van der Waals surface area (Å²) in [6, 6.07) is 12.1. The van der Waals surface area contributed by atoms with Crippen molar-refractivity contribution in [2.24, 2.45) is 5.92 Å². The van der Waals surface area contributed by atoms with Gasteiger partial charge in [-0.1, -0.05) is 31.5 Å². The fourth-order valence-electron chi connectivity index (χ4n) is 2.62. The Morgan fingerprint density at radius 3 is 2.21 bits per heavy atom. The van der Waals surface area contributed by atoms with Crippen LogP contribution in [0, 0.1) is 19.8 Å². The Balaban J connectivity index is 1.89. The number of benzene rings is 2. The number of carbonyl (C=O) groups is 3. The molecule has 2 rings (SSSR count). The van der Waals surface area contributed by atoms with E-state index in [0.717, 1.165) is 11.1 Å². The zero-order chi connectivity index (χ0) is 21.6. The minimum Gasteiger partial charge on any atom is -0.482 e. The number of ketones is 1. The highest BCUT2D eigenvalue weighted by Crippen LogP contribution is 2.19. The van der Waals surface area contributed by atoms with E-state index in [4.69, 9.17) is 9.47 Å². The molecule has 0 aliphatic rings. The molecular weight excluding hydrogens is 370 g/mol. The number of hydrogen-bond donors (Lipinski definition) is 1. The van der Waals surface area contributed by atoms with Gasteiger partial charge in [0.1, 0.15) is 5.75 Å². The molecule has 1 atom stereocenters. The first-order chi connectivity index (χ1) is 13.7. The van der Waals surface area contributed by atoms with Crippen molar-refractivity contribution < 1.29 is 23.9 Å². The molecule has 1 N–H and O–H groups in total. The van der Waals surface area contributed by atoms with Crippen LogP contribution in [0.4, 0.5) is 5.69 Å². The molecule has 154 valence electrons. The summed E-state index contributed by atoms with van der Waals surface area (Å²) in [6.07, 6.45) is -0.943. The van der Waals surface area contributed by atoms with Gasteiger partial charge in [-0.05, 0) is 56.7 Å². The first-order valence-corrected chi connectivity index (χ1v) is 9.52. The summed E-state index contributed by atoms with van der Waals surface area (Å²) in [4.78, 5) is 36.2. The molecule has 2 aromatic rings. The third-order valence-corrected chi connectivity index (χ3v) is 4.31. The van der Waals surface area contributed by atoms with Crippen molar-refractivity contribution in [3.8, 4) is 5.75 Å². The second-order valence-electron chi connectivity index (χ2n) is 7.28. The Kier molecular flexibility index (Phi) is 7.53. The van der Waals surface area contributed by atoms with Crippen LogP contribution in [0.1, 0.15) is 42.3 Å². The smallest absolute Gasteiger partial charge is 0.344 e. The maximum Gasteiger partial charge on any atom is 0.344 e. The summed E-state index contributed by atoms with van der Waals surface area (Å²) in [5, 5.41) is 2.76. The topological polar surface area (TPSA) is 81.7 Å². The van der Waals surface area contributed by atoms with Crippen LogP contribution in [-0.4, -0.2) is 30.4 Å². The highest BCUT2D eigenvalue weighted by molar-refractivity contribution is 6.01. The van der Waals surface area contributed by atoms with Crippen LogP contribution in [0.5, 0.6) is 5.75 Å². The zero-order valence-corrected chi connectivity index (χ0v) is 17.4. The van der Waals surface area contributed by atoms with E-state index >= 15 is 0 Å². The van der Waals surface area contributed by atoms with E-state index in [1.807, 2.05) is 26.0 Å². The van der Waals surface area contributed by atoms with Crippen molar-refractivity contribution in [1.29, 1.82) is 0 Å². The molecule has 0 aromatic heterocycles. The van der Waals surface area contributed by atoms with E-state index in [1.54, 1.807) is 44.2 Å². The standard InChI is InChI=1S/C23H27NO5/c1-14(2)23(27)24-19-9-7-18(8-10-19)22(26)17(5)29-21(25)13-28-20-11-6-15(3)12-16(20)4/h6-12,14,17H,13H2,1-5H3,(H,24,27)/t17-/m1/s1. The highest BCUT2D eigenvalue weighted by Gasteiger charge is 2.20. The van der Waals surface area contributed by atoms with Gasteiger partial charge in [0.15, 0.2) is 12.7 Å². The van der Waals surface area contributed by atoms with Gasteiger partial charge in [-0.3, -0.25) is 9.59 Å². The highest BCUT2D eigenvalue weighted by atomic mass is 16.6. The predicted octanol–water partition coefficient (Wildman–Crippen LogP) is 4.09. The van der Waals surface area contributed by atoms with Crippen molar-refractivity contribution in [2.45, 2.75) is 40.7 Å². The van der Waals surface area contributed by atoms with Crippen molar-refractivity contribution in [1.82, 2.24) is 0 Å². The summed E-state index contributed by atoms with van der Waals surface area (Å²) < 4.78 is 10.7. The monoisotopic (exact) mass is 397 g/mol. The Morgan fingerprint density at radius 1 is 0.966 bits per heavy atom. The second-order valence-corrected chi connectivity index (χ2v) is 7.28. The lowest BCUT2D eigenvalue weighted by Gasteiger charge is -2.14. The molecule has 1 amide bonds. The van der Waals surface area contributed by atoms with Crippen LogP contribution in [0.25, 0.3) is 0 Å². The third-order valence-electron chi connectivity index (χ3n) is 4.31. The number of esters is 1. The first-order valence-electron chi connectivity index (χ1n) is 9.52. The van der Waals surface area contributed by atoms with Crippen LogP contribution in [0.15, 0.2) is 42.5 Å². The fraction of sp³-hybridized carbons (Fsp3) is 0.348. The quantitative estimate of drug-likeness (QED) is 0.536. The van der Waals surface area contributed by atoms with Gasteiger partial charge in [0.25, 0.3) is 0 Å². The number of amides is 1. The molecule has 29 heavy (non-hydrogen) atoms. The van der Waals surface area contributed by atoms with Crippen LogP contribution in [-0.2, 0) is 14.3 Å². The molecule has 0 saturated heterocycles. The Labute approximate surface area is 171 Å². The van der Waals surface area contributed by atoms with Gasteiger partial charge in [-0.2, -0.15) is 0 Å². The van der Waals surface area contributed by atoms with Crippen molar-refractivity contribution in [3.05, 3.63) is 59.2 Å². The van der Waals surface area contributed by atoms with Gasteiger partial charge in [0.2, 0.25) is 11.7 Å². The van der Waals surface area contributed by atoms with Gasteiger partial charge in [-0.25, -0.2) is 4.79 Å². The molecule has 6 nitrogen and oxygen atoms in total. The van der Waals surface area contributed by atoms with Gasteiger partial charge in [0, 0.05) is 17.2 Å². The van der Waals surface area contributed by atoms with E-state index in [2.05, 4.69) is 5.32 Å². The normalized spacial score (nSPS) is 11.7. The first kappa shape index (κ1) is 22.1. The number of hydrogen-bond acceptors (Lipinski definition) is 5. The molecule has 0 radical (unpaired) electrons. The molecule has 0 bridgehead atoms. The Bertz CT molecular complexity index is 887. The van der Waals surface area contributed by atoms with E-state index < -0.39 is 12.1 Å². The van der Waals surface area contributed by atoms with Crippen LogP contribution < -0.4 is 10.1 Å². The molecule has 0 fully saturated rings. The van der Waals surface area contributed by atoms with E-state index in [1.165, 1.54) is 6.92 Å². The van der Waals surface area contributed by atoms with Gasteiger partial charge in [-0.15, -0.1) is 0 Å². The lowest BCUT2D eigenvalue weighted by atomic mass is 10.1. The summed E-state index contributed by atoms with van der Waals surface area (Å²) in [7, 11) is 0. The lowest BCUT2D eigenvalue weighted by Crippen LogP contribution is -2.27. The van der Waals surface area contributed by atoms with Crippen LogP contribution >= 0.6 is 0 Å². The van der Waals surface area contributed by atoms with E-state index in [9.17, 15) is 14.4 Å². The predicted molar refractivity (Wildman–Crippen MR) is 111 cm³/mol. The largest absolute Gasteiger partial charge is 0.482 e. The Hall–Kier alpha value is -3.15. The number of aryl methyl sites for hydroxylation is 2. The maximum absolute atomic E-state index is 12.5. The van der Waals surface area contributed by atoms with Crippen LogP contribution in [0.3, 0.4) is 0 Å². The molecule has 2 aromatic carbocycles. The maximum atomic E-state index is 12.5. The molecule has 0 heterocycles. The summed E-state index contributed by atoms with van der Waals surface area (Å²) >= 11 is 0.